The highest BCUT2D eigenvalue weighted by atomic mass is 32.2. The molecule has 0 bridgehead atoms. The minimum absolute atomic E-state index is 0.196. The molecule has 0 aliphatic carbocycles. The molecule has 1 aromatic carbocycles. The molecule has 2 N–H and O–H groups in total. The summed E-state index contributed by atoms with van der Waals surface area (Å²) in [5, 5.41) is 2.99. The van der Waals surface area contributed by atoms with Crippen LogP contribution in [0.4, 0.5) is 5.69 Å². The third-order valence-corrected chi connectivity index (χ3v) is 2.47. The molecule has 0 fully saturated rings. The highest BCUT2D eigenvalue weighted by molar-refractivity contribution is 7.78. The number of aryl methyl sites for hydroxylation is 1. The topological polar surface area (TPSA) is 49.3 Å². The third kappa shape index (κ3) is 2.82. The Labute approximate surface area is 80.5 Å². The number of benzene rings is 1. The molecule has 1 atom stereocenters. The molecule has 13 heavy (non-hydrogen) atoms. The van der Waals surface area contributed by atoms with Crippen LogP contribution in [0, 0.1) is 6.92 Å². The first kappa shape index (κ1) is 10.2. The zero-order valence-electron chi connectivity index (χ0n) is 7.70. The SMILES string of the molecule is CNc1ccc(C)c(CS(=O)O)c1. The molecule has 3 nitrogen and oxygen atoms in total. The van der Waals surface area contributed by atoms with E-state index < -0.39 is 11.1 Å². The molecule has 0 amide bonds. The minimum Gasteiger partial charge on any atom is -0.388 e. The van der Waals surface area contributed by atoms with Crippen LogP contribution in [-0.2, 0) is 16.8 Å². The summed E-state index contributed by atoms with van der Waals surface area (Å²) in [6.45, 7) is 1.93. The highest BCUT2D eigenvalue weighted by Crippen LogP contribution is 2.15. The van der Waals surface area contributed by atoms with Gasteiger partial charge in [0.25, 0.3) is 0 Å². The van der Waals surface area contributed by atoms with Crippen LogP contribution in [0.25, 0.3) is 0 Å². The van der Waals surface area contributed by atoms with E-state index in [0.29, 0.717) is 0 Å². The summed E-state index contributed by atoms with van der Waals surface area (Å²) < 4.78 is 19.4. The first-order valence-electron chi connectivity index (χ1n) is 3.98. The van der Waals surface area contributed by atoms with Crippen LogP contribution >= 0.6 is 0 Å². The number of anilines is 1. The van der Waals surface area contributed by atoms with Gasteiger partial charge >= 0.3 is 0 Å². The van der Waals surface area contributed by atoms with E-state index in [1.165, 1.54) is 0 Å². The van der Waals surface area contributed by atoms with Gasteiger partial charge in [-0.3, -0.25) is 0 Å². The zero-order valence-corrected chi connectivity index (χ0v) is 8.52. The van der Waals surface area contributed by atoms with Gasteiger partial charge in [-0.2, -0.15) is 0 Å². The lowest BCUT2D eigenvalue weighted by Gasteiger charge is -2.06. The average Bonchev–Trinajstić information content (AvgIpc) is 2.08. The summed E-state index contributed by atoms with van der Waals surface area (Å²) >= 11 is -1.76. The van der Waals surface area contributed by atoms with Gasteiger partial charge in [-0.1, -0.05) is 6.07 Å². The van der Waals surface area contributed by atoms with Crippen molar-refractivity contribution in [3.05, 3.63) is 29.3 Å². The number of hydrogen-bond acceptors (Lipinski definition) is 2. The van der Waals surface area contributed by atoms with Gasteiger partial charge < -0.3 is 9.87 Å². The van der Waals surface area contributed by atoms with Crippen molar-refractivity contribution in [2.45, 2.75) is 12.7 Å². The molecule has 0 saturated heterocycles. The fourth-order valence-corrected chi connectivity index (χ4v) is 1.69. The lowest BCUT2D eigenvalue weighted by Crippen LogP contribution is -1.97. The van der Waals surface area contributed by atoms with E-state index in [1.54, 1.807) is 0 Å². The van der Waals surface area contributed by atoms with Crippen LogP contribution in [0.1, 0.15) is 11.1 Å². The maximum Gasteiger partial charge on any atom is 0.157 e. The molecule has 0 saturated carbocycles. The maximum absolute atomic E-state index is 10.6. The largest absolute Gasteiger partial charge is 0.388 e. The molecule has 0 aliphatic heterocycles. The molecule has 1 aromatic rings. The predicted octanol–water partition coefficient (Wildman–Crippen LogP) is 1.76. The normalized spacial score (nSPS) is 12.5. The number of rotatable bonds is 3. The third-order valence-electron chi connectivity index (χ3n) is 1.92. The van der Waals surface area contributed by atoms with E-state index >= 15 is 0 Å². The van der Waals surface area contributed by atoms with Gasteiger partial charge in [0.1, 0.15) is 0 Å². The molecule has 0 heterocycles. The van der Waals surface area contributed by atoms with Crippen LogP contribution in [0.2, 0.25) is 0 Å². The van der Waals surface area contributed by atoms with Crippen LogP contribution in [-0.4, -0.2) is 15.8 Å². The molecule has 1 unspecified atom stereocenters. The van der Waals surface area contributed by atoms with Gasteiger partial charge in [0, 0.05) is 12.7 Å². The fraction of sp³-hybridized carbons (Fsp3) is 0.333. The second-order valence-corrected chi connectivity index (χ2v) is 3.79. The number of nitrogens with one attached hydrogen (secondary N) is 1. The summed E-state index contributed by atoms with van der Waals surface area (Å²) in [7, 11) is 1.82. The van der Waals surface area contributed by atoms with E-state index in [2.05, 4.69) is 5.32 Å². The smallest absolute Gasteiger partial charge is 0.157 e. The van der Waals surface area contributed by atoms with Crippen molar-refractivity contribution < 1.29 is 8.76 Å². The van der Waals surface area contributed by atoms with Crippen molar-refractivity contribution in [1.82, 2.24) is 0 Å². The molecule has 0 aliphatic rings. The average molecular weight is 199 g/mol. The van der Waals surface area contributed by atoms with Gasteiger partial charge in [-0.25, -0.2) is 4.21 Å². The predicted molar refractivity (Wildman–Crippen MR) is 55.2 cm³/mol. The molecule has 4 heteroatoms. The fourth-order valence-electron chi connectivity index (χ4n) is 1.12. The van der Waals surface area contributed by atoms with Crippen molar-refractivity contribution in [1.29, 1.82) is 0 Å². The summed E-state index contributed by atoms with van der Waals surface area (Å²) in [6, 6.07) is 5.77. The Morgan fingerprint density at radius 2 is 2.23 bits per heavy atom. The standard InChI is InChI=1S/C9H13NO2S/c1-7-3-4-9(10-2)5-8(7)6-13(11)12/h3-5,10H,6H2,1-2H3,(H,11,12). The van der Waals surface area contributed by atoms with Gasteiger partial charge in [0.2, 0.25) is 0 Å². The van der Waals surface area contributed by atoms with Crippen LogP contribution in [0.5, 0.6) is 0 Å². The van der Waals surface area contributed by atoms with Gasteiger partial charge in [0.05, 0.1) is 5.75 Å². The zero-order chi connectivity index (χ0) is 9.84. The highest BCUT2D eigenvalue weighted by Gasteiger charge is 2.02. The van der Waals surface area contributed by atoms with Crippen molar-refractivity contribution in [3.63, 3.8) is 0 Å². The van der Waals surface area contributed by atoms with Crippen LogP contribution in [0.15, 0.2) is 18.2 Å². The molecule has 0 spiro atoms. The minimum atomic E-state index is -1.76. The van der Waals surface area contributed by atoms with Crippen molar-refractivity contribution >= 4 is 16.8 Å². The van der Waals surface area contributed by atoms with E-state index in [0.717, 1.165) is 16.8 Å². The van der Waals surface area contributed by atoms with Crippen molar-refractivity contribution in [3.8, 4) is 0 Å². The summed E-state index contributed by atoms with van der Waals surface area (Å²) in [5.41, 5.74) is 2.92. The second kappa shape index (κ2) is 4.39. The first-order chi connectivity index (χ1) is 6.13. The first-order valence-corrected chi connectivity index (χ1v) is 5.26. The van der Waals surface area contributed by atoms with Crippen molar-refractivity contribution in [2.75, 3.05) is 12.4 Å². The Balaban J connectivity index is 2.96. The van der Waals surface area contributed by atoms with E-state index in [1.807, 2.05) is 32.2 Å². The van der Waals surface area contributed by atoms with E-state index in [-0.39, 0.29) is 5.75 Å². The second-order valence-electron chi connectivity index (χ2n) is 2.86. The molecular weight excluding hydrogens is 186 g/mol. The van der Waals surface area contributed by atoms with Crippen molar-refractivity contribution in [2.24, 2.45) is 0 Å². The molecule has 1 rings (SSSR count). The monoisotopic (exact) mass is 199 g/mol. The van der Waals surface area contributed by atoms with Crippen LogP contribution < -0.4 is 5.32 Å². The van der Waals surface area contributed by atoms with Gasteiger partial charge in [0.15, 0.2) is 11.1 Å². The summed E-state index contributed by atoms with van der Waals surface area (Å²) in [5.74, 6) is 0.196. The Hall–Kier alpha value is -0.870. The lowest BCUT2D eigenvalue weighted by atomic mass is 10.1. The quantitative estimate of drug-likeness (QED) is 0.729. The van der Waals surface area contributed by atoms with Gasteiger partial charge in [-0.15, -0.1) is 0 Å². The Morgan fingerprint density at radius 3 is 2.77 bits per heavy atom. The van der Waals surface area contributed by atoms with E-state index in [4.69, 9.17) is 4.55 Å². The molecule has 72 valence electrons. The Morgan fingerprint density at radius 1 is 1.54 bits per heavy atom. The molecule has 0 radical (unpaired) electrons. The van der Waals surface area contributed by atoms with Crippen LogP contribution in [0.3, 0.4) is 0 Å². The lowest BCUT2D eigenvalue weighted by molar-refractivity contribution is 0.563. The van der Waals surface area contributed by atoms with E-state index in [9.17, 15) is 4.21 Å². The van der Waals surface area contributed by atoms with Gasteiger partial charge in [-0.05, 0) is 30.2 Å². The molecule has 0 aromatic heterocycles. The Kier molecular flexibility index (Phi) is 3.45. The Bertz CT molecular complexity index is 325. The maximum atomic E-state index is 10.6. The molecular formula is C9H13NO2S. The summed E-state index contributed by atoms with van der Waals surface area (Å²) in [6.07, 6.45) is 0. The number of hydrogen-bond donors (Lipinski definition) is 2. The summed E-state index contributed by atoms with van der Waals surface area (Å²) in [4.78, 5) is 0.